The summed E-state index contributed by atoms with van der Waals surface area (Å²) in [7, 11) is 5.55. The summed E-state index contributed by atoms with van der Waals surface area (Å²) < 4.78 is 23.1. The van der Waals surface area contributed by atoms with Crippen LogP contribution in [0.25, 0.3) is 0 Å². The van der Waals surface area contributed by atoms with Crippen LogP contribution in [0, 0.1) is 34.5 Å². The number of methoxy groups -OCH3 is 3. The Morgan fingerprint density at radius 1 is 0.815 bits per heavy atom. The molecule has 0 unspecified atom stereocenters. The van der Waals surface area contributed by atoms with E-state index in [0.29, 0.717) is 41.9 Å². The van der Waals surface area contributed by atoms with Gasteiger partial charge in [0.2, 0.25) is 0 Å². The quantitative estimate of drug-likeness (QED) is 0.650. The average Bonchev–Trinajstić information content (AvgIpc) is 3.02. The van der Waals surface area contributed by atoms with E-state index in [1.807, 2.05) is 14.2 Å². The molecule has 0 aromatic carbocycles. The van der Waals surface area contributed by atoms with E-state index in [9.17, 15) is 0 Å². The molecule has 27 heavy (non-hydrogen) atoms. The molecule has 0 amide bonds. The van der Waals surface area contributed by atoms with Crippen molar-refractivity contribution in [2.45, 2.75) is 83.5 Å². The van der Waals surface area contributed by atoms with Crippen LogP contribution < -0.4 is 0 Å². The van der Waals surface area contributed by atoms with E-state index >= 15 is 0 Å². The summed E-state index contributed by atoms with van der Waals surface area (Å²) in [4.78, 5) is 0. The molecule has 0 aromatic rings. The van der Waals surface area contributed by atoms with Gasteiger partial charge in [0, 0.05) is 21.3 Å². The van der Waals surface area contributed by atoms with Gasteiger partial charge in [-0.25, -0.2) is 0 Å². The van der Waals surface area contributed by atoms with Crippen molar-refractivity contribution in [1.82, 2.24) is 0 Å². The SMILES string of the molecule is COCO[C@H]1CC[C@@]2(C)[C@@H]3CC[C@@]4(C)C[C@H](OC)C[C@@H]4[C@H]3C[C@H](OC)[C@@H]2C1. The molecule has 4 nitrogen and oxygen atoms in total. The molecule has 4 aliphatic carbocycles. The average molecular weight is 381 g/mol. The minimum absolute atomic E-state index is 0.329. The maximum atomic E-state index is 6.14. The maximum absolute atomic E-state index is 6.14. The van der Waals surface area contributed by atoms with Gasteiger partial charge in [0.05, 0.1) is 18.3 Å². The maximum Gasteiger partial charge on any atom is 0.146 e. The molecule has 156 valence electrons. The van der Waals surface area contributed by atoms with E-state index in [1.54, 1.807) is 7.11 Å². The molecular formula is C23H40O4. The van der Waals surface area contributed by atoms with Crippen molar-refractivity contribution in [3.8, 4) is 0 Å². The molecule has 0 spiro atoms. The van der Waals surface area contributed by atoms with Crippen molar-refractivity contribution < 1.29 is 18.9 Å². The zero-order valence-corrected chi connectivity index (χ0v) is 18.0. The Bertz CT molecular complexity index is 525. The number of fused-ring (bicyclic) bond motifs is 5. The van der Waals surface area contributed by atoms with E-state index in [4.69, 9.17) is 18.9 Å². The number of ether oxygens (including phenoxy) is 4. The van der Waals surface area contributed by atoms with E-state index in [-0.39, 0.29) is 0 Å². The molecule has 0 aromatic heterocycles. The molecule has 0 N–H and O–H groups in total. The number of hydrogen-bond donors (Lipinski definition) is 0. The zero-order valence-electron chi connectivity index (χ0n) is 18.0. The van der Waals surface area contributed by atoms with Crippen LogP contribution in [0.2, 0.25) is 0 Å². The normalized spacial score (nSPS) is 52.1. The van der Waals surface area contributed by atoms with Crippen molar-refractivity contribution in [2.24, 2.45) is 34.5 Å². The van der Waals surface area contributed by atoms with Crippen molar-refractivity contribution in [3.05, 3.63) is 0 Å². The van der Waals surface area contributed by atoms with Gasteiger partial charge in [-0.2, -0.15) is 0 Å². The van der Waals surface area contributed by atoms with Crippen molar-refractivity contribution in [2.75, 3.05) is 28.1 Å². The second-order valence-electron chi connectivity index (χ2n) is 10.5. The first-order valence-corrected chi connectivity index (χ1v) is 11.1. The van der Waals surface area contributed by atoms with Crippen molar-refractivity contribution >= 4 is 0 Å². The van der Waals surface area contributed by atoms with Gasteiger partial charge < -0.3 is 18.9 Å². The van der Waals surface area contributed by atoms with Crippen LogP contribution in [0.5, 0.6) is 0 Å². The number of hydrogen-bond acceptors (Lipinski definition) is 4. The third kappa shape index (κ3) is 3.29. The smallest absolute Gasteiger partial charge is 0.146 e. The Morgan fingerprint density at radius 2 is 1.59 bits per heavy atom. The lowest BCUT2D eigenvalue weighted by Crippen LogP contribution is -2.58. The third-order valence-corrected chi connectivity index (χ3v) is 9.39. The molecule has 0 radical (unpaired) electrons. The van der Waals surface area contributed by atoms with Gasteiger partial charge in [0.25, 0.3) is 0 Å². The van der Waals surface area contributed by atoms with Crippen LogP contribution in [0.1, 0.15) is 65.2 Å². The monoisotopic (exact) mass is 380 g/mol. The molecule has 0 bridgehead atoms. The molecule has 4 fully saturated rings. The van der Waals surface area contributed by atoms with E-state index < -0.39 is 0 Å². The summed E-state index contributed by atoms with van der Waals surface area (Å²) in [6.45, 7) is 5.54. The molecular weight excluding hydrogens is 340 g/mol. The zero-order chi connectivity index (χ0) is 19.2. The van der Waals surface area contributed by atoms with Crippen LogP contribution in [-0.4, -0.2) is 46.4 Å². The summed E-state index contributed by atoms with van der Waals surface area (Å²) in [5, 5.41) is 0. The molecule has 0 saturated heterocycles. The second kappa shape index (κ2) is 7.59. The highest BCUT2D eigenvalue weighted by molar-refractivity contribution is 5.11. The Kier molecular flexibility index (Phi) is 5.66. The molecule has 9 atom stereocenters. The lowest BCUT2D eigenvalue weighted by Gasteiger charge is -2.62. The van der Waals surface area contributed by atoms with Crippen LogP contribution >= 0.6 is 0 Å². The van der Waals surface area contributed by atoms with Crippen LogP contribution in [0.4, 0.5) is 0 Å². The Hall–Kier alpha value is -0.160. The number of rotatable bonds is 5. The molecule has 4 heteroatoms. The topological polar surface area (TPSA) is 36.9 Å². The summed E-state index contributed by atoms with van der Waals surface area (Å²) in [6.07, 6.45) is 11.2. The first-order chi connectivity index (χ1) is 12.9. The van der Waals surface area contributed by atoms with Gasteiger partial charge in [0.15, 0.2) is 0 Å². The lowest BCUT2D eigenvalue weighted by molar-refractivity contribution is -0.189. The van der Waals surface area contributed by atoms with Crippen LogP contribution in [0.3, 0.4) is 0 Å². The molecule has 4 rings (SSSR count). The van der Waals surface area contributed by atoms with E-state index in [0.717, 1.165) is 24.2 Å². The van der Waals surface area contributed by atoms with Gasteiger partial charge in [-0.1, -0.05) is 13.8 Å². The summed E-state index contributed by atoms with van der Waals surface area (Å²) >= 11 is 0. The van der Waals surface area contributed by atoms with Gasteiger partial charge in [-0.05, 0) is 85.9 Å². The van der Waals surface area contributed by atoms with Crippen LogP contribution in [0.15, 0.2) is 0 Å². The highest BCUT2D eigenvalue weighted by atomic mass is 16.7. The Morgan fingerprint density at radius 3 is 2.30 bits per heavy atom. The predicted molar refractivity (Wildman–Crippen MR) is 105 cm³/mol. The summed E-state index contributed by atoms with van der Waals surface area (Å²) in [5.74, 6) is 3.06. The standard InChI is InChI=1S/C23H40O4/c1-22-8-7-18-17(19(22)11-16(13-22)25-4)12-21(26-5)20-10-15(27-14-24-3)6-9-23(18,20)2/h15-21H,6-14H2,1-5H3/t15-,16+,17-,18+,19+,20-,21-,22-,23-/m0/s1. The van der Waals surface area contributed by atoms with Crippen molar-refractivity contribution in [1.29, 1.82) is 0 Å². The van der Waals surface area contributed by atoms with Gasteiger partial charge in [-0.3, -0.25) is 0 Å². The fourth-order valence-electron chi connectivity index (χ4n) is 7.98. The minimum Gasteiger partial charge on any atom is -0.381 e. The summed E-state index contributed by atoms with van der Waals surface area (Å²) in [5.41, 5.74) is 0.866. The van der Waals surface area contributed by atoms with E-state index in [2.05, 4.69) is 13.8 Å². The molecule has 4 aliphatic rings. The Labute approximate surface area is 165 Å². The second-order valence-corrected chi connectivity index (χ2v) is 10.5. The summed E-state index contributed by atoms with van der Waals surface area (Å²) in [6, 6.07) is 0. The predicted octanol–water partition coefficient (Wildman–Crippen LogP) is 4.66. The highest BCUT2D eigenvalue weighted by Gasteiger charge is 2.61. The van der Waals surface area contributed by atoms with Gasteiger partial charge in [0.1, 0.15) is 6.79 Å². The Balaban J connectivity index is 1.57. The fourth-order valence-corrected chi connectivity index (χ4v) is 7.98. The van der Waals surface area contributed by atoms with Crippen LogP contribution in [-0.2, 0) is 18.9 Å². The highest BCUT2D eigenvalue weighted by Crippen LogP contribution is 2.66. The fraction of sp³-hybridized carbons (Fsp3) is 1.00. The van der Waals surface area contributed by atoms with Crippen molar-refractivity contribution in [3.63, 3.8) is 0 Å². The van der Waals surface area contributed by atoms with Gasteiger partial charge >= 0.3 is 0 Å². The third-order valence-electron chi connectivity index (χ3n) is 9.39. The lowest BCUT2D eigenvalue weighted by atomic mass is 9.44. The van der Waals surface area contributed by atoms with Gasteiger partial charge in [-0.15, -0.1) is 0 Å². The largest absolute Gasteiger partial charge is 0.381 e. The van der Waals surface area contributed by atoms with E-state index in [1.165, 1.54) is 44.9 Å². The molecule has 0 aliphatic heterocycles. The molecule has 4 saturated carbocycles. The minimum atomic E-state index is 0.329. The first-order valence-electron chi connectivity index (χ1n) is 11.1. The molecule has 0 heterocycles. The first kappa shape index (κ1) is 20.1.